The smallest absolute Gasteiger partial charge is 0.333 e. The van der Waals surface area contributed by atoms with Crippen molar-refractivity contribution in [3.05, 3.63) is 53.6 Å². The van der Waals surface area contributed by atoms with Gasteiger partial charge in [-0.25, -0.2) is 9.59 Å². The zero-order valence-electron chi connectivity index (χ0n) is 31.6. The van der Waals surface area contributed by atoms with Gasteiger partial charge < -0.3 is 48.5 Å². The first-order valence-corrected chi connectivity index (χ1v) is 19.0. The van der Waals surface area contributed by atoms with Gasteiger partial charge in [0.05, 0.1) is 18.6 Å². The highest BCUT2D eigenvalue weighted by molar-refractivity contribution is 5.88. The van der Waals surface area contributed by atoms with Crippen molar-refractivity contribution in [2.24, 2.45) is 0 Å². The Labute approximate surface area is 316 Å². The lowest BCUT2D eigenvalue weighted by atomic mass is 9.96. The van der Waals surface area contributed by atoms with Gasteiger partial charge in [0.2, 0.25) is 0 Å². The minimum atomic E-state index is -1.84. The van der Waals surface area contributed by atoms with Crippen LogP contribution in [0.2, 0.25) is 0 Å². The van der Waals surface area contributed by atoms with Crippen molar-refractivity contribution in [2.45, 2.75) is 159 Å². The van der Waals surface area contributed by atoms with Crippen LogP contribution in [-0.4, -0.2) is 113 Å². The molecule has 0 spiro atoms. The number of aliphatic hydroxyl groups is 3. The lowest BCUT2D eigenvalue weighted by Gasteiger charge is -2.47. The van der Waals surface area contributed by atoms with Gasteiger partial charge >= 0.3 is 17.9 Å². The van der Waals surface area contributed by atoms with Crippen LogP contribution in [0, 0.1) is 0 Å². The fourth-order valence-corrected chi connectivity index (χ4v) is 6.52. The maximum Gasteiger partial charge on any atom is 0.333 e. The van der Waals surface area contributed by atoms with E-state index >= 15 is 0 Å². The number of esters is 3. The van der Waals surface area contributed by atoms with E-state index in [-0.39, 0.29) is 30.3 Å². The van der Waals surface area contributed by atoms with E-state index < -0.39 is 85.9 Å². The van der Waals surface area contributed by atoms with Gasteiger partial charge in [0.1, 0.15) is 42.9 Å². The van der Waals surface area contributed by atoms with E-state index in [4.69, 9.17) is 33.2 Å². The molecule has 0 aromatic heterocycles. The van der Waals surface area contributed by atoms with Crippen LogP contribution in [0.1, 0.15) is 97.5 Å². The maximum absolute atomic E-state index is 13.2. The largest absolute Gasteiger partial charge is 0.463 e. The number of hydrogen-bond donors (Lipinski definition) is 3. The highest BCUT2D eigenvalue weighted by Crippen LogP contribution is 2.33. The SMILES string of the molecule is C/C=C(\C)C(=O)O[C@@H]1[C@@H](O)[C@@H]2O[C@H]3[C@H](O[C@@H](CCC)CCCCCCC(=O)CCC(=O)OC[C@@H](O2)[C@H]1OC(=O)/C=C/c1ccccc1)O[C@H](C)[C@H](O)[C@@H]3O. The fourth-order valence-electron chi connectivity index (χ4n) is 6.52. The molecule has 3 heterocycles. The summed E-state index contributed by atoms with van der Waals surface area (Å²) in [6, 6.07) is 8.93. The summed E-state index contributed by atoms with van der Waals surface area (Å²) in [6.45, 7) is 6.16. The van der Waals surface area contributed by atoms with Gasteiger partial charge in [-0.3, -0.25) is 9.59 Å². The van der Waals surface area contributed by atoms with Crippen LogP contribution in [0.3, 0.4) is 0 Å². The molecule has 14 heteroatoms. The number of carbonyl (C=O) groups is 4. The summed E-state index contributed by atoms with van der Waals surface area (Å²) in [5, 5.41) is 33.9. The third kappa shape index (κ3) is 12.5. The zero-order chi connectivity index (χ0) is 39.2. The van der Waals surface area contributed by atoms with Crippen molar-refractivity contribution in [3.8, 4) is 0 Å². The Balaban J connectivity index is 1.70. The van der Waals surface area contributed by atoms with E-state index in [9.17, 15) is 34.5 Å². The van der Waals surface area contributed by atoms with Crippen LogP contribution in [0.15, 0.2) is 48.1 Å². The molecule has 1 aromatic carbocycles. The number of ether oxygens (including phenoxy) is 7. The Morgan fingerprint density at radius 2 is 1.59 bits per heavy atom. The monoisotopic (exact) mass is 760 g/mol. The number of ketones is 1. The topological polar surface area (TPSA) is 194 Å². The summed E-state index contributed by atoms with van der Waals surface area (Å²) in [5.41, 5.74) is 0.882. The molecule has 0 aliphatic carbocycles. The van der Waals surface area contributed by atoms with Crippen LogP contribution < -0.4 is 0 Å². The molecular weight excluding hydrogens is 704 g/mol. The summed E-state index contributed by atoms with van der Waals surface area (Å²) in [5.74, 6) is -2.51. The number of aliphatic hydroxyl groups excluding tert-OH is 3. The van der Waals surface area contributed by atoms with Gasteiger partial charge in [-0.2, -0.15) is 0 Å². The van der Waals surface area contributed by atoms with E-state index in [0.29, 0.717) is 31.2 Å². The van der Waals surface area contributed by atoms with Gasteiger partial charge in [0.25, 0.3) is 0 Å². The molecule has 3 aliphatic rings. The highest BCUT2D eigenvalue weighted by Gasteiger charge is 2.54. The van der Waals surface area contributed by atoms with Gasteiger partial charge in [0.15, 0.2) is 24.8 Å². The Hall–Kier alpha value is -3.50. The molecule has 1 aromatic rings. The normalized spacial score (nSPS) is 34.0. The van der Waals surface area contributed by atoms with Crippen LogP contribution in [-0.2, 0) is 52.3 Å². The fraction of sp³-hybridized carbons (Fsp3) is 0.650. The van der Waals surface area contributed by atoms with Crippen molar-refractivity contribution < 1.29 is 67.7 Å². The van der Waals surface area contributed by atoms with E-state index in [2.05, 4.69) is 0 Å². The molecule has 0 saturated carbocycles. The number of carbonyl (C=O) groups excluding carboxylic acids is 4. The quantitative estimate of drug-likeness (QED) is 0.206. The second-order valence-electron chi connectivity index (χ2n) is 14.0. The highest BCUT2D eigenvalue weighted by atomic mass is 16.8. The lowest BCUT2D eigenvalue weighted by molar-refractivity contribution is -0.369. The van der Waals surface area contributed by atoms with Crippen molar-refractivity contribution in [3.63, 3.8) is 0 Å². The number of hydrogen-bond acceptors (Lipinski definition) is 14. The van der Waals surface area contributed by atoms with Gasteiger partial charge in [-0.05, 0) is 51.7 Å². The van der Waals surface area contributed by atoms with Gasteiger partial charge in [-0.1, -0.05) is 69.0 Å². The number of rotatable bonds is 7. The third-order valence-electron chi connectivity index (χ3n) is 9.84. The first kappa shape index (κ1) is 43.2. The van der Waals surface area contributed by atoms with Gasteiger partial charge in [0, 0.05) is 24.5 Å². The van der Waals surface area contributed by atoms with Crippen LogP contribution in [0.5, 0.6) is 0 Å². The first-order valence-electron chi connectivity index (χ1n) is 19.0. The molecule has 3 saturated heterocycles. The Bertz CT molecular complexity index is 1430. The Kier molecular flexibility index (Phi) is 17.3. The third-order valence-corrected chi connectivity index (χ3v) is 9.84. The minimum Gasteiger partial charge on any atom is -0.463 e. The van der Waals surface area contributed by atoms with Crippen molar-refractivity contribution in [2.75, 3.05) is 6.61 Å². The zero-order valence-corrected chi connectivity index (χ0v) is 31.6. The molecule has 0 amide bonds. The predicted molar refractivity (Wildman–Crippen MR) is 193 cm³/mol. The number of Topliss-reactive ketones (excluding diaryl/α,β-unsaturated/α-hetero) is 1. The Morgan fingerprint density at radius 1 is 0.852 bits per heavy atom. The maximum atomic E-state index is 13.2. The van der Waals surface area contributed by atoms with Crippen LogP contribution in [0.4, 0.5) is 0 Å². The van der Waals surface area contributed by atoms with E-state index in [1.807, 2.05) is 13.0 Å². The average Bonchev–Trinajstić information content (AvgIpc) is 3.16. The molecule has 0 radical (unpaired) electrons. The molecule has 300 valence electrons. The molecule has 3 fully saturated rings. The summed E-state index contributed by atoms with van der Waals surface area (Å²) in [4.78, 5) is 51.8. The molecule has 11 atom stereocenters. The molecule has 2 bridgehead atoms. The van der Waals surface area contributed by atoms with Crippen molar-refractivity contribution in [1.29, 1.82) is 0 Å². The van der Waals surface area contributed by atoms with Crippen LogP contribution in [0.25, 0.3) is 6.08 Å². The average molecular weight is 761 g/mol. The van der Waals surface area contributed by atoms with E-state index in [0.717, 1.165) is 31.8 Å². The van der Waals surface area contributed by atoms with Crippen molar-refractivity contribution in [1.82, 2.24) is 0 Å². The van der Waals surface area contributed by atoms with Gasteiger partial charge in [-0.15, -0.1) is 0 Å². The molecule has 14 nitrogen and oxygen atoms in total. The molecule has 3 aliphatic heterocycles. The number of allylic oxidation sites excluding steroid dienone is 1. The summed E-state index contributed by atoms with van der Waals surface area (Å²) in [6.07, 6.45) is -5.30. The van der Waals surface area contributed by atoms with E-state index in [1.165, 1.54) is 19.1 Å². The predicted octanol–water partition coefficient (Wildman–Crippen LogP) is 3.86. The number of benzene rings is 1. The summed E-state index contributed by atoms with van der Waals surface area (Å²) < 4.78 is 41.8. The minimum absolute atomic E-state index is 0.0194. The lowest BCUT2D eigenvalue weighted by Crippen LogP contribution is -2.65. The Morgan fingerprint density at radius 3 is 2.31 bits per heavy atom. The summed E-state index contributed by atoms with van der Waals surface area (Å²) in [7, 11) is 0. The summed E-state index contributed by atoms with van der Waals surface area (Å²) >= 11 is 0. The molecule has 0 unspecified atom stereocenters. The number of cyclic esters (lactones) is 1. The first-order chi connectivity index (χ1) is 25.9. The second-order valence-corrected chi connectivity index (χ2v) is 14.0. The van der Waals surface area contributed by atoms with Crippen molar-refractivity contribution >= 4 is 29.8 Å². The second kappa shape index (κ2) is 21.6. The molecule has 3 N–H and O–H groups in total. The standard InChI is InChI=1S/C40H56O14/c1-5-14-28-18-13-8-7-12-17-27(41)20-22-30(42)48-23-29-35(52-31(43)21-19-26-15-10-9-11-16-26)36(53-38(47)24(3)6-2)34(46)39(51-29)54-37-33(45)32(44)25(4)49-40(37)50-28/h6,9-11,15-16,19,21,25,28-29,32-37,39-40,44-46H,5,7-8,12-14,17-18,20,22-23H2,1-4H3/b21-19+,24-6+/t25-,28+,29-,32+,33+,34-,35-,36-,37-,39+,40+/m1/s1. The number of fused-ring (bicyclic) bond motifs is 3. The van der Waals surface area contributed by atoms with Crippen LogP contribution >= 0.6 is 0 Å². The molecular formula is C40H56O14. The molecule has 4 rings (SSSR count). The molecule has 54 heavy (non-hydrogen) atoms. The van der Waals surface area contributed by atoms with E-state index in [1.54, 1.807) is 38.1 Å².